The second-order valence-electron chi connectivity index (χ2n) is 6.09. The second-order valence-corrected chi connectivity index (χ2v) is 6.09. The van der Waals surface area contributed by atoms with Crippen LogP contribution in [0.4, 0.5) is 0 Å². The first-order valence-electron chi connectivity index (χ1n) is 7.06. The molecule has 0 aromatic rings. The first-order chi connectivity index (χ1) is 7.74. The minimum atomic E-state index is 0.542. The van der Waals surface area contributed by atoms with Gasteiger partial charge in [-0.05, 0) is 56.4 Å². The normalized spacial score (nSPS) is 40.9. The summed E-state index contributed by atoms with van der Waals surface area (Å²) in [6, 6.07) is 0. The standard InChI is InChI=1S/C14H27NO/c1-11-6-12(2)8-14(7-11)16-10-13-4-3-5-15-9-13/h11-15H,3-10H2,1-2H3. The van der Waals surface area contributed by atoms with Crippen molar-refractivity contribution in [3.63, 3.8) is 0 Å². The molecule has 1 N–H and O–H groups in total. The van der Waals surface area contributed by atoms with Crippen LogP contribution in [-0.2, 0) is 4.74 Å². The molecule has 1 aliphatic carbocycles. The number of rotatable bonds is 3. The highest BCUT2D eigenvalue weighted by Crippen LogP contribution is 2.30. The van der Waals surface area contributed by atoms with Crippen molar-refractivity contribution in [2.24, 2.45) is 17.8 Å². The molecule has 0 spiro atoms. The minimum Gasteiger partial charge on any atom is -0.378 e. The lowest BCUT2D eigenvalue weighted by Crippen LogP contribution is -2.34. The fraction of sp³-hybridized carbons (Fsp3) is 1.00. The molecule has 3 unspecified atom stereocenters. The summed E-state index contributed by atoms with van der Waals surface area (Å²) in [4.78, 5) is 0. The molecule has 2 heteroatoms. The molecule has 1 saturated heterocycles. The van der Waals surface area contributed by atoms with E-state index in [1.54, 1.807) is 0 Å². The van der Waals surface area contributed by atoms with Crippen molar-refractivity contribution in [1.29, 1.82) is 0 Å². The third-order valence-corrected chi connectivity index (χ3v) is 4.10. The van der Waals surface area contributed by atoms with Gasteiger partial charge in [0.2, 0.25) is 0 Å². The molecule has 0 bridgehead atoms. The topological polar surface area (TPSA) is 21.3 Å². The number of ether oxygens (including phenoxy) is 1. The molecule has 1 heterocycles. The molecule has 2 fully saturated rings. The fourth-order valence-corrected chi connectivity index (χ4v) is 3.35. The van der Waals surface area contributed by atoms with Crippen molar-refractivity contribution >= 4 is 0 Å². The van der Waals surface area contributed by atoms with Gasteiger partial charge in [0.05, 0.1) is 12.7 Å². The van der Waals surface area contributed by atoms with E-state index in [0.29, 0.717) is 6.10 Å². The molecule has 2 nitrogen and oxygen atoms in total. The quantitative estimate of drug-likeness (QED) is 0.797. The van der Waals surface area contributed by atoms with Gasteiger partial charge in [-0.3, -0.25) is 0 Å². The Morgan fingerprint density at radius 1 is 1.12 bits per heavy atom. The Labute approximate surface area is 100 Å². The third-order valence-electron chi connectivity index (χ3n) is 4.10. The van der Waals surface area contributed by atoms with Gasteiger partial charge >= 0.3 is 0 Å². The van der Waals surface area contributed by atoms with Gasteiger partial charge in [0, 0.05) is 6.54 Å². The van der Waals surface area contributed by atoms with Crippen molar-refractivity contribution < 1.29 is 4.74 Å². The maximum Gasteiger partial charge on any atom is 0.0580 e. The molecule has 0 amide bonds. The molecule has 16 heavy (non-hydrogen) atoms. The summed E-state index contributed by atoms with van der Waals surface area (Å²) in [6.07, 6.45) is 7.18. The average Bonchev–Trinajstić information content (AvgIpc) is 2.27. The molecule has 0 radical (unpaired) electrons. The fourth-order valence-electron chi connectivity index (χ4n) is 3.35. The predicted octanol–water partition coefficient (Wildman–Crippen LogP) is 2.83. The monoisotopic (exact) mass is 225 g/mol. The number of nitrogens with one attached hydrogen (secondary N) is 1. The van der Waals surface area contributed by atoms with Crippen LogP contribution in [0.1, 0.15) is 46.0 Å². The number of hydrogen-bond acceptors (Lipinski definition) is 2. The Morgan fingerprint density at radius 3 is 2.50 bits per heavy atom. The van der Waals surface area contributed by atoms with Crippen LogP contribution in [-0.4, -0.2) is 25.8 Å². The number of piperidine rings is 1. The summed E-state index contributed by atoms with van der Waals surface area (Å²) >= 11 is 0. The van der Waals surface area contributed by atoms with Crippen molar-refractivity contribution in [2.75, 3.05) is 19.7 Å². The molecule has 0 aromatic heterocycles. The van der Waals surface area contributed by atoms with E-state index in [-0.39, 0.29) is 0 Å². The predicted molar refractivity (Wildman–Crippen MR) is 67.5 cm³/mol. The maximum atomic E-state index is 6.12. The van der Waals surface area contributed by atoms with Crippen LogP contribution in [0.2, 0.25) is 0 Å². The number of hydrogen-bond donors (Lipinski definition) is 1. The summed E-state index contributed by atoms with van der Waals surface area (Å²) in [5.74, 6) is 2.48. The van der Waals surface area contributed by atoms with Gasteiger partial charge in [-0.25, -0.2) is 0 Å². The highest BCUT2D eigenvalue weighted by Gasteiger charge is 2.25. The Bertz CT molecular complexity index is 191. The zero-order chi connectivity index (χ0) is 11.4. The zero-order valence-corrected chi connectivity index (χ0v) is 10.9. The lowest BCUT2D eigenvalue weighted by atomic mass is 9.82. The maximum absolute atomic E-state index is 6.12. The highest BCUT2D eigenvalue weighted by atomic mass is 16.5. The van der Waals surface area contributed by atoms with Crippen molar-refractivity contribution in [2.45, 2.75) is 52.1 Å². The molecule has 0 aromatic carbocycles. The van der Waals surface area contributed by atoms with Crippen molar-refractivity contribution in [1.82, 2.24) is 5.32 Å². The molecule has 3 atom stereocenters. The second kappa shape index (κ2) is 6.02. The Hall–Kier alpha value is -0.0800. The summed E-state index contributed by atoms with van der Waals surface area (Å²) in [7, 11) is 0. The van der Waals surface area contributed by atoms with Gasteiger partial charge < -0.3 is 10.1 Å². The van der Waals surface area contributed by atoms with Crippen LogP contribution >= 0.6 is 0 Å². The first kappa shape index (κ1) is 12.4. The third kappa shape index (κ3) is 3.74. The molecule has 1 aliphatic heterocycles. The van der Waals surface area contributed by atoms with E-state index >= 15 is 0 Å². The van der Waals surface area contributed by atoms with Crippen LogP contribution in [0.3, 0.4) is 0 Å². The van der Waals surface area contributed by atoms with E-state index in [9.17, 15) is 0 Å². The average molecular weight is 225 g/mol. The molecule has 1 saturated carbocycles. The van der Waals surface area contributed by atoms with Gasteiger partial charge in [-0.1, -0.05) is 13.8 Å². The zero-order valence-electron chi connectivity index (χ0n) is 10.9. The molecular weight excluding hydrogens is 198 g/mol. The van der Waals surface area contributed by atoms with Crippen LogP contribution in [0.15, 0.2) is 0 Å². The van der Waals surface area contributed by atoms with Gasteiger partial charge in [0.15, 0.2) is 0 Å². The summed E-state index contributed by atoms with van der Waals surface area (Å²) in [5.41, 5.74) is 0. The van der Waals surface area contributed by atoms with Crippen LogP contribution in [0.25, 0.3) is 0 Å². The van der Waals surface area contributed by atoms with Crippen molar-refractivity contribution in [3.8, 4) is 0 Å². The first-order valence-corrected chi connectivity index (χ1v) is 7.06. The van der Waals surface area contributed by atoms with Crippen LogP contribution in [0, 0.1) is 17.8 Å². The Kier molecular flexibility index (Phi) is 4.66. The van der Waals surface area contributed by atoms with E-state index in [2.05, 4.69) is 19.2 Å². The minimum absolute atomic E-state index is 0.542. The van der Waals surface area contributed by atoms with E-state index in [1.807, 2.05) is 0 Å². The Morgan fingerprint density at radius 2 is 1.88 bits per heavy atom. The summed E-state index contributed by atoms with van der Waals surface area (Å²) in [6.45, 7) is 8.09. The molecular formula is C14H27NO. The summed E-state index contributed by atoms with van der Waals surface area (Å²) in [5, 5.41) is 3.46. The lowest BCUT2D eigenvalue weighted by molar-refractivity contribution is -0.0187. The van der Waals surface area contributed by atoms with Gasteiger partial charge in [-0.15, -0.1) is 0 Å². The molecule has 94 valence electrons. The largest absolute Gasteiger partial charge is 0.378 e. The van der Waals surface area contributed by atoms with Crippen LogP contribution in [0.5, 0.6) is 0 Å². The summed E-state index contributed by atoms with van der Waals surface area (Å²) < 4.78 is 6.12. The SMILES string of the molecule is CC1CC(C)CC(OCC2CCCNC2)C1. The molecule has 2 rings (SSSR count). The Balaban J connectivity index is 1.68. The lowest BCUT2D eigenvalue weighted by Gasteiger charge is -2.33. The van der Waals surface area contributed by atoms with Crippen molar-refractivity contribution in [3.05, 3.63) is 0 Å². The van der Waals surface area contributed by atoms with Gasteiger partial charge in [-0.2, -0.15) is 0 Å². The van der Waals surface area contributed by atoms with E-state index in [0.717, 1.165) is 30.9 Å². The van der Waals surface area contributed by atoms with E-state index in [1.165, 1.54) is 38.6 Å². The van der Waals surface area contributed by atoms with Gasteiger partial charge in [0.1, 0.15) is 0 Å². The van der Waals surface area contributed by atoms with E-state index < -0.39 is 0 Å². The van der Waals surface area contributed by atoms with Crippen LogP contribution < -0.4 is 5.32 Å². The van der Waals surface area contributed by atoms with E-state index in [4.69, 9.17) is 4.74 Å². The highest BCUT2D eigenvalue weighted by molar-refractivity contribution is 4.76. The van der Waals surface area contributed by atoms with Gasteiger partial charge in [0.25, 0.3) is 0 Å². The smallest absolute Gasteiger partial charge is 0.0580 e. The molecule has 2 aliphatic rings.